The number of ether oxygens (including phenoxy) is 1. The molecule has 0 aromatic heterocycles. The van der Waals surface area contributed by atoms with Gasteiger partial charge in [-0.3, -0.25) is 9.59 Å². The fraction of sp³-hybridized carbons (Fsp3) is 0.429. The molecule has 1 fully saturated rings. The van der Waals surface area contributed by atoms with E-state index in [2.05, 4.69) is 10.6 Å². The topological polar surface area (TPSA) is 93.5 Å². The van der Waals surface area contributed by atoms with E-state index in [9.17, 15) is 9.59 Å². The van der Waals surface area contributed by atoms with Gasteiger partial charge >= 0.3 is 0 Å². The maximum Gasteiger partial charge on any atom is 0.251 e. The summed E-state index contributed by atoms with van der Waals surface area (Å²) in [5.41, 5.74) is 6.85. The number of rotatable bonds is 3. The molecular weight excluding hydrogens is 258 g/mol. The number of benzene rings is 1. The minimum Gasteiger partial charge on any atom is -0.379 e. The summed E-state index contributed by atoms with van der Waals surface area (Å²) in [7, 11) is 1.57. The van der Waals surface area contributed by atoms with Crippen LogP contribution in [0.3, 0.4) is 0 Å². The summed E-state index contributed by atoms with van der Waals surface area (Å²) in [6.45, 7) is 2.49. The smallest absolute Gasteiger partial charge is 0.251 e. The van der Waals surface area contributed by atoms with Crippen LogP contribution < -0.4 is 16.4 Å². The first-order valence-corrected chi connectivity index (χ1v) is 6.48. The van der Waals surface area contributed by atoms with Crippen LogP contribution in [0, 0.1) is 6.92 Å². The van der Waals surface area contributed by atoms with Crippen molar-refractivity contribution in [3.8, 4) is 0 Å². The van der Waals surface area contributed by atoms with E-state index >= 15 is 0 Å². The maximum absolute atomic E-state index is 12.2. The second-order valence-corrected chi connectivity index (χ2v) is 4.97. The minimum absolute atomic E-state index is 0.190. The highest BCUT2D eigenvalue weighted by Gasteiger charge is 2.38. The highest BCUT2D eigenvalue weighted by atomic mass is 16.5. The number of carbonyl (C=O) groups excluding carboxylic acids is 2. The largest absolute Gasteiger partial charge is 0.379 e. The summed E-state index contributed by atoms with van der Waals surface area (Å²) < 4.78 is 5.18. The predicted molar refractivity (Wildman–Crippen MR) is 75.6 cm³/mol. The number of amides is 2. The molecule has 1 aliphatic heterocycles. The fourth-order valence-corrected chi connectivity index (χ4v) is 2.16. The van der Waals surface area contributed by atoms with E-state index in [1.54, 1.807) is 32.2 Å². The zero-order valence-electron chi connectivity index (χ0n) is 11.7. The Labute approximate surface area is 117 Å². The monoisotopic (exact) mass is 277 g/mol. The molecule has 2 amide bonds. The number of nitrogens with two attached hydrogens (primary N) is 1. The van der Waals surface area contributed by atoms with E-state index in [1.807, 2.05) is 0 Å². The lowest BCUT2D eigenvalue weighted by atomic mass is 9.98. The molecule has 1 atom stereocenters. The SMILES string of the molecule is CNC(=O)c1cccc(NC(=O)C2(N)CCOC2)c1C. The molecule has 0 spiro atoms. The van der Waals surface area contributed by atoms with Gasteiger partial charge in [0.25, 0.3) is 5.91 Å². The predicted octanol–water partition coefficient (Wildman–Crippen LogP) is 0.411. The van der Waals surface area contributed by atoms with Crippen molar-refractivity contribution in [2.24, 2.45) is 5.73 Å². The lowest BCUT2D eigenvalue weighted by Crippen LogP contribution is -2.51. The van der Waals surface area contributed by atoms with E-state index < -0.39 is 5.54 Å². The Morgan fingerprint density at radius 1 is 1.40 bits per heavy atom. The van der Waals surface area contributed by atoms with Crippen molar-refractivity contribution in [1.29, 1.82) is 0 Å². The van der Waals surface area contributed by atoms with E-state index in [4.69, 9.17) is 10.5 Å². The molecule has 0 aliphatic carbocycles. The van der Waals surface area contributed by atoms with Gasteiger partial charge in [-0.15, -0.1) is 0 Å². The standard InChI is InChI=1S/C14H19N3O3/c1-9-10(12(18)16-2)4-3-5-11(9)17-13(19)14(15)6-7-20-8-14/h3-5H,6-8,15H2,1-2H3,(H,16,18)(H,17,19). The molecule has 0 radical (unpaired) electrons. The van der Waals surface area contributed by atoms with Gasteiger partial charge in [-0.2, -0.15) is 0 Å². The number of hydrogen-bond acceptors (Lipinski definition) is 4. The Morgan fingerprint density at radius 3 is 2.75 bits per heavy atom. The summed E-state index contributed by atoms with van der Waals surface area (Å²) in [5.74, 6) is -0.475. The summed E-state index contributed by atoms with van der Waals surface area (Å²) in [6, 6.07) is 5.18. The molecule has 0 saturated carbocycles. The van der Waals surface area contributed by atoms with Crippen LogP contribution in [0.5, 0.6) is 0 Å². The molecule has 4 N–H and O–H groups in total. The van der Waals surface area contributed by atoms with Gasteiger partial charge in [0, 0.05) is 24.9 Å². The van der Waals surface area contributed by atoms with Gasteiger partial charge in [-0.05, 0) is 31.0 Å². The van der Waals surface area contributed by atoms with Crippen LogP contribution >= 0.6 is 0 Å². The molecule has 1 heterocycles. The third-order valence-electron chi connectivity index (χ3n) is 3.56. The Morgan fingerprint density at radius 2 is 2.15 bits per heavy atom. The van der Waals surface area contributed by atoms with Crippen molar-refractivity contribution >= 4 is 17.5 Å². The quantitative estimate of drug-likeness (QED) is 0.746. The van der Waals surface area contributed by atoms with Crippen molar-refractivity contribution < 1.29 is 14.3 Å². The molecule has 20 heavy (non-hydrogen) atoms. The first kappa shape index (κ1) is 14.5. The maximum atomic E-state index is 12.2. The molecule has 1 aromatic carbocycles. The Kier molecular flexibility index (Phi) is 4.06. The molecule has 6 heteroatoms. The van der Waals surface area contributed by atoms with Crippen LogP contribution in [0.1, 0.15) is 22.3 Å². The van der Waals surface area contributed by atoms with Crippen molar-refractivity contribution in [2.45, 2.75) is 18.9 Å². The molecule has 0 bridgehead atoms. The molecule has 6 nitrogen and oxygen atoms in total. The molecule has 1 aliphatic rings. The molecular formula is C14H19N3O3. The molecule has 1 unspecified atom stereocenters. The van der Waals surface area contributed by atoms with Crippen LogP contribution in [-0.4, -0.2) is 37.6 Å². The Bertz CT molecular complexity index is 536. The molecule has 108 valence electrons. The summed E-state index contributed by atoms with van der Waals surface area (Å²) in [6.07, 6.45) is 0.493. The highest BCUT2D eigenvalue weighted by Crippen LogP contribution is 2.22. The Balaban J connectivity index is 2.22. The lowest BCUT2D eigenvalue weighted by molar-refractivity contribution is -0.121. The van der Waals surface area contributed by atoms with Gasteiger partial charge in [0.1, 0.15) is 5.54 Å². The van der Waals surface area contributed by atoms with Crippen LogP contribution in [-0.2, 0) is 9.53 Å². The first-order chi connectivity index (χ1) is 9.48. The third kappa shape index (κ3) is 2.66. The van der Waals surface area contributed by atoms with Crippen molar-refractivity contribution in [2.75, 3.05) is 25.6 Å². The van der Waals surface area contributed by atoms with Gasteiger partial charge in [0.05, 0.1) is 6.61 Å². The van der Waals surface area contributed by atoms with Crippen LogP contribution in [0.25, 0.3) is 0 Å². The summed E-state index contributed by atoms with van der Waals surface area (Å²) >= 11 is 0. The normalized spacial score (nSPS) is 21.6. The van der Waals surface area contributed by atoms with Gasteiger partial charge in [-0.1, -0.05) is 6.07 Å². The number of carbonyl (C=O) groups is 2. The van der Waals surface area contributed by atoms with Crippen molar-refractivity contribution in [1.82, 2.24) is 5.32 Å². The zero-order valence-corrected chi connectivity index (χ0v) is 11.7. The van der Waals surface area contributed by atoms with E-state index in [1.165, 1.54) is 0 Å². The van der Waals surface area contributed by atoms with E-state index in [0.29, 0.717) is 29.8 Å². The fourth-order valence-electron chi connectivity index (χ4n) is 2.16. The van der Waals surface area contributed by atoms with Crippen LogP contribution in [0.15, 0.2) is 18.2 Å². The number of nitrogens with one attached hydrogen (secondary N) is 2. The molecule has 1 saturated heterocycles. The van der Waals surface area contributed by atoms with Crippen LogP contribution in [0.2, 0.25) is 0 Å². The average Bonchev–Trinajstić information content (AvgIpc) is 2.88. The zero-order chi connectivity index (χ0) is 14.8. The number of anilines is 1. The third-order valence-corrected chi connectivity index (χ3v) is 3.56. The van der Waals surface area contributed by atoms with E-state index in [0.717, 1.165) is 0 Å². The number of hydrogen-bond donors (Lipinski definition) is 3. The van der Waals surface area contributed by atoms with Gasteiger partial charge in [0.15, 0.2) is 0 Å². The van der Waals surface area contributed by atoms with Gasteiger partial charge in [0.2, 0.25) is 5.91 Å². The highest BCUT2D eigenvalue weighted by molar-refractivity contribution is 6.02. The summed E-state index contributed by atoms with van der Waals surface area (Å²) in [4.78, 5) is 23.9. The van der Waals surface area contributed by atoms with Crippen molar-refractivity contribution in [3.05, 3.63) is 29.3 Å². The minimum atomic E-state index is -0.991. The average molecular weight is 277 g/mol. The van der Waals surface area contributed by atoms with Gasteiger partial charge < -0.3 is 21.1 Å². The Hall–Kier alpha value is -1.92. The lowest BCUT2D eigenvalue weighted by Gasteiger charge is -2.21. The second kappa shape index (κ2) is 5.60. The first-order valence-electron chi connectivity index (χ1n) is 6.48. The van der Waals surface area contributed by atoms with Crippen molar-refractivity contribution in [3.63, 3.8) is 0 Å². The molecule has 2 rings (SSSR count). The summed E-state index contributed by atoms with van der Waals surface area (Å²) in [5, 5.41) is 5.36. The second-order valence-electron chi connectivity index (χ2n) is 4.97. The van der Waals surface area contributed by atoms with Crippen LogP contribution in [0.4, 0.5) is 5.69 Å². The van der Waals surface area contributed by atoms with E-state index in [-0.39, 0.29) is 18.4 Å². The van der Waals surface area contributed by atoms with Gasteiger partial charge in [-0.25, -0.2) is 0 Å². The molecule has 1 aromatic rings.